The van der Waals surface area contributed by atoms with Crippen molar-refractivity contribution in [2.24, 2.45) is 5.92 Å². The van der Waals surface area contributed by atoms with Gasteiger partial charge in [0.25, 0.3) is 5.91 Å². The Bertz CT molecular complexity index is 1290. The molecule has 0 aliphatic heterocycles. The van der Waals surface area contributed by atoms with Crippen LogP contribution in [0.5, 0.6) is 5.75 Å². The number of nitrogens with zero attached hydrogens (tertiary/aromatic N) is 3. The van der Waals surface area contributed by atoms with E-state index in [0.717, 1.165) is 6.33 Å². The molecule has 12 nitrogen and oxygen atoms in total. The lowest BCUT2D eigenvalue weighted by Crippen LogP contribution is -2.34. The molecule has 0 unspecified atom stereocenters. The van der Waals surface area contributed by atoms with Crippen LogP contribution < -0.4 is 20.9 Å². The fourth-order valence-corrected chi connectivity index (χ4v) is 3.25. The Morgan fingerprint density at radius 2 is 1.78 bits per heavy atom. The quantitative estimate of drug-likeness (QED) is 0.173. The van der Waals surface area contributed by atoms with E-state index in [9.17, 15) is 19.7 Å². The van der Waals surface area contributed by atoms with E-state index in [2.05, 4.69) is 26.1 Å². The molecule has 0 saturated carbocycles. The predicted octanol–water partition coefficient (Wildman–Crippen LogP) is 4.77. The molecule has 0 aliphatic carbocycles. The highest BCUT2D eigenvalue weighted by Crippen LogP contribution is 2.31. The summed E-state index contributed by atoms with van der Waals surface area (Å²) in [6, 6.07) is 10.6. The summed E-state index contributed by atoms with van der Waals surface area (Å²) in [6.07, 6.45) is 1.07. The molecule has 0 fully saturated rings. The molecule has 0 spiro atoms. The van der Waals surface area contributed by atoms with Crippen molar-refractivity contribution < 1.29 is 24.0 Å². The van der Waals surface area contributed by atoms with E-state index in [4.69, 9.17) is 32.7 Å². The summed E-state index contributed by atoms with van der Waals surface area (Å²) in [4.78, 5) is 43.0. The van der Waals surface area contributed by atoms with Crippen LogP contribution in [0.2, 0.25) is 10.0 Å². The van der Waals surface area contributed by atoms with Gasteiger partial charge < -0.3 is 14.8 Å². The highest BCUT2D eigenvalue weighted by atomic mass is 35.5. The van der Waals surface area contributed by atoms with E-state index in [1.54, 1.807) is 18.2 Å². The summed E-state index contributed by atoms with van der Waals surface area (Å²) in [7, 11) is 0. The molecular formula is C23H22Cl2N6O6. The molecule has 14 heteroatoms. The van der Waals surface area contributed by atoms with Crippen molar-refractivity contribution in [1.82, 2.24) is 15.4 Å². The first-order valence-electron chi connectivity index (χ1n) is 10.8. The maximum absolute atomic E-state index is 12.2. The van der Waals surface area contributed by atoms with E-state index < -0.39 is 29.1 Å². The average molecular weight is 549 g/mol. The van der Waals surface area contributed by atoms with Crippen molar-refractivity contribution >= 4 is 58.1 Å². The van der Waals surface area contributed by atoms with E-state index >= 15 is 0 Å². The second-order valence-corrected chi connectivity index (χ2v) is 8.75. The molecule has 3 rings (SSSR count). The number of carbonyl (C=O) groups excluding carboxylic acids is 2. The van der Waals surface area contributed by atoms with Gasteiger partial charge >= 0.3 is 11.7 Å². The topological polar surface area (TPSA) is 158 Å². The molecule has 1 amide bonds. The first kappa shape index (κ1) is 27.4. The molecule has 0 radical (unpaired) electrons. The Morgan fingerprint density at radius 3 is 2.43 bits per heavy atom. The minimum Gasteiger partial charge on any atom is -0.482 e. The molecule has 3 N–H and O–H groups in total. The second kappa shape index (κ2) is 12.7. The van der Waals surface area contributed by atoms with Gasteiger partial charge in [-0.15, -0.1) is 0 Å². The number of rotatable bonds is 11. The predicted molar refractivity (Wildman–Crippen MR) is 137 cm³/mol. The summed E-state index contributed by atoms with van der Waals surface area (Å²) in [6.45, 7) is 3.70. The number of aromatic nitrogens is 2. The van der Waals surface area contributed by atoms with Crippen molar-refractivity contribution in [3.63, 3.8) is 0 Å². The van der Waals surface area contributed by atoms with E-state index in [-0.39, 0.29) is 28.3 Å². The minimum atomic E-state index is -0.710. The molecule has 3 aromatic rings. The number of hydrazine groups is 1. The maximum Gasteiger partial charge on any atom is 0.355 e. The summed E-state index contributed by atoms with van der Waals surface area (Å²) in [5, 5.41) is 15.2. The summed E-state index contributed by atoms with van der Waals surface area (Å²) < 4.78 is 10.5. The fourth-order valence-electron chi connectivity index (χ4n) is 2.79. The first-order chi connectivity index (χ1) is 17.6. The SMILES string of the molecule is CC(C)COC(=O)c1ccc(Nc2ncnc(NNC(=O)COc3ccc(Cl)cc3Cl)c2[N+](=O)[O-])cc1. The first-order valence-corrected chi connectivity index (χ1v) is 11.6. The molecule has 1 aromatic heterocycles. The zero-order chi connectivity index (χ0) is 26.9. The van der Waals surface area contributed by atoms with Crippen LogP contribution in [0.1, 0.15) is 24.2 Å². The van der Waals surface area contributed by atoms with Crippen molar-refractivity contribution in [1.29, 1.82) is 0 Å². The number of nitro groups is 1. The number of nitrogens with one attached hydrogen (secondary N) is 3. The molecule has 194 valence electrons. The van der Waals surface area contributed by atoms with Crippen LogP contribution in [0, 0.1) is 16.0 Å². The molecule has 0 atom stereocenters. The lowest BCUT2D eigenvalue weighted by atomic mass is 10.2. The zero-order valence-electron chi connectivity index (χ0n) is 19.7. The van der Waals surface area contributed by atoms with Gasteiger partial charge in [-0.3, -0.25) is 25.8 Å². The molecular weight excluding hydrogens is 527 g/mol. The standard InChI is InChI=1S/C23H22Cl2N6O6/c1-13(2)10-37-23(33)14-3-6-16(7-4-14)28-21-20(31(34)35)22(27-12-26-21)30-29-19(32)11-36-18-8-5-15(24)9-17(18)25/h3-9,12-13H,10-11H2,1-2H3,(H,29,32)(H2,26,27,28,30). The third-order valence-corrected chi connectivity index (χ3v) is 5.04. The Balaban J connectivity index is 1.65. The van der Waals surface area contributed by atoms with Crippen LogP contribution in [0.4, 0.5) is 23.0 Å². The van der Waals surface area contributed by atoms with Gasteiger partial charge in [0.05, 0.1) is 22.1 Å². The summed E-state index contributed by atoms with van der Waals surface area (Å²) >= 11 is 11.8. The van der Waals surface area contributed by atoms with E-state index in [0.29, 0.717) is 22.9 Å². The van der Waals surface area contributed by atoms with Gasteiger partial charge in [-0.25, -0.2) is 14.8 Å². The second-order valence-electron chi connectivity index (χ2n) is 7.91. The van der Waals surface area contributed by atoms with Crippen LogP contribution in [-0.4, -0.2) is 40.0 Å². The lowest BCUT2D eigenvalue weighted by Gasteiger charge is -2.12. The number of ether oxygens (including phenoxy) is 2. The van der Waals surface area contributed by atoms with Crippen molar-refractivity contribution in [3.05, 3.63) is 74.5 Å². The van der Waals surface area contributed by atoms with Gasteiger partial charge in [-0.2, -0.15) is 0 Å². The van der Waals surface area contributed by atoms with E-state index in [1.165, 1.54) is 24.3 Å². The highest BCUT2D eigenvalue weighted by molar-refractivity contribution is 6.35. The van der Waals surface area contributed by atoms with Crippen molar-refractivity contribution in [2.45, 2.75) is 13.8 Å². The monoisotopic (exact) mass is 548 g/mol. The Labute approximate surface area is 221 Å². The smallest absolute Gasteiger partial charge is 0.355 e. The molecule has 1 heterocycles. The normalized spacial score (nSPS) is 10.5. The molecule has 2 aromatic carbocycles. The molecule has 0 saturated heterocycles. The van der Waals surface area contributed by atoms with Crippen molar-refractivity contribution in [2.75, 3.05) is 24.0 Å². The van der Waals surface area contributed by atoms with Gasteiger partial charge in [0, 0.05) is 10.7 Å². The van der Waals surface area contributed by atoms with Crippen LogP contribution in [0.15, 0.2) is 48.8 Å². The zero-order valence-corrected chi connectivity index (χ0v) is 21.2. The minimum absolute atomic E-state index is 0.143. The van der Waals surface area contributed by atoms with Gasteiger partial charge in [-0.05, 0) is 48.4 Å². The van der Waals surface area contributed by atoms with Gasteiger partial charge in [-0.1, -0.05) is 37.0 Å². The summed E-state index contributed by atoms with van der Waals surface area (Å²) in [5.74, 6) is -1.11. The maximum atomic E-state index is 12.2. The Kier molecular flexibility index (Phi) is 9.41. The summed E-state index contributed by atoms with van der Waals surface area (Å²) in [5.41, 5.74) is 4.90. The number of esters is 1. The largest absolute Gasteiger partial charge is 0.482 e. The number of hydrogen-bond acceptors (Lipinski definition) is 10. The number of amides is 1. The fraction of sp³-hybridized carbons (Fsp3) is 0.217. The Hall–Kier alpha value is -4.16. The third kappa shape index (κ3) is 7.92. The molecule has 0 bridgehead atoms. The number of benzene rings is 2. The van der Waals surface area contributed by atoms with Crippen molar-refractivity contribution in [3.8, 4) is 5.75 Å². The van der Waals surface area contributed by atoms with E-state index in [1.807, 2.05) is 13.8 Å². The van der Waals surface area contributed by atoms with Gasteiger partial charge in [0.15, 0.2) is 6.61 Å². The average Bonchev–Trinajstić information content (AvgIpc) is 2.85. The molecule has 37 heavy (non-hydrogen) atoms. The lowest BCUT2D eigenvalue weighted by molar-refractivity contribution is -0.383. The van der Waals surface area contributed by atoms with Gasteiger partial charge in [0.1, 0.15) is 12.1 Å². The Morgan fingerprint density at radius 1 is 1.08 bits per heavy atom. The highest BCUT2D eigenvalue weighted by Gasteiger charge is 2.24. The number of anilines is 3. The van der Waals surface area contributed by atoms with Crippen LogP contribution >= 0.6 is 23.2 Å². The number of hydrogen-bond donors (Lipinski definition) is 3. The van der Waals surface area contributed by atoms with Gasteiger partial charge in [0.2, 0.25) is 11.6 Å². The van der Waals surface area contributed by atoms with Crippen LogP contribution in [0.3, 0.4) is 0 Å². The van der Waals surface area contributed by atoms with Crippen LogP contribution in [0.25, 0.3) is 0 Å². The molecule has 0 aliphatic rings. The number of halogens is 2. The van der Waals surface area contributed by atoms with Crippen LogP contribution in [-0.2, 0) is 9.53 Å². The third-order valence-electron chi connectivity index (χ3n) is 4.51. The number of carbonyl (C=O) groups is 2.